The third kappa shape index (κ3) is 3.79. The lowest BCUT2D eigenvalue weighted by Crippen LogP contribution is -2.06. The molecule has 2 N–H and O–H groups in total. The molecule has 5 heteroatoms. The molecule has 0 amide bonds. The fraction of sp³-hybridized carbons (Fsp3) is 0.143. The summed E-state index contributed by atoms with van der Waals surface area (Å²) in [5.41, 5.74) is 8.50. The van der Waals surface area contributed by atoms with Crippen LogP contribution in [0.1, 0.15) is 21.5 Å². The maximum Gasteiger partial charge on any atom is 0.338 e. The summed E-state index contributed by atoms with van der Waals surface area (Å²) in [5, 5.41) is 0. The molecule has 0 atom stereocenters. The number of aromatic nitrogens is 1. The summed E-state index contributed by atoms with van der Waals surface area (Å²) >= 11 is 3.29. The van der Waals surface area contributed by atoms with Crippen molar-refractivity contribution in [3.05, 3.63) is 57.8 Å². The van der Waals surface area contributed by atoms with E-state index < -0.39 is 5.97 Å². The van der Waals surface area contributed by atoms with E-state index in [1.54, 1.807) is 30.6 Å². The van der Waals surface area contributed by atoms with Gasteiger partial charge in [-0.2, -0.15) is 0 Å². The van der Waals surface area contributed by atoms with Crippen molar-refractivity contribution in [2.75, 3.05) is 5.73 Å². The molecule has 1 aromatic heterocycles. The molecular weight excluding hydrogens is 308 g/mol. The van der Waals surface area contributed by atoms with E-state index in [0.717, 1.165) is 15.6 Å². The van der Waals surface area contributed by atoms with Crippen LogP contribution in [0.2, 0.25) is 0 Å². The van der Waals surface area contributed by atoms with Gasteiger partial charge in [0.25, 0.3) is 0 Å². The third-order valence-corrected chi connectivity index (χ3v) is 2.92. The number of nitrogens with two attached hydrogens (primary N) is 1. The molecule has 0 bridgehead atoms. The number of anilines is 1. The molecule has 0 saturated carbocycles. The molecule has 2 rings (SSSR count). The minimum atomic E-state index is -0.408. The van der Waals surface area contributed by atoms with E-state index in [1.165, 1.54) is 0 Å². The Balaban J connectivity index is 2.05. The van der Waals surface area contributed by atoms with Crippen molar-refractivity contribution < 1.29 is 9.53 Å². The highest BCUT2D eigenvalue weighted by atomic mass is 79.9. The number of hydrogen-bond donors (Lipinski definition) is 1. The summed E-state index contributed by atoms with van der Waals surface area (Å²) in [7, 11) is 0. The molecule has 0 aliphatic carbocycles. The number of hydrogen-bond acceptors (Lipinski definition) is 4. The van der Waals surface area contributed by atoms with Crippen LogP contribution in [0, 0.1) is 6.92 Å². The first kappa shape index (κ1) is 13.5. The van der Waals surface area contributed by atoms with E-state index in [0.29, 0.717) is 11.3 Å². The SMILES string of the molecule is Cc1cncc(COC(=O)c2cc(N)cc(Br)c2)c1. The van der Waals surface area contributed by atoms with Gasteiger partial charge >= 0.3 is 5.97 Å². The fourth-order valence-electron chi connectivity index (χ4n) is 1.66. The number of benzene rings is 1. The Labute approximate surface area is 119 Å². The Morgan fingerprint density at radius 1 is 1.32 bits per heavy atom. The van der Waals surface area contributed by atoms with Crippen LogP contribution < -0.4 is 5.73 Å². The van der Waals surface area contributed by atoms with Crippen LogP contribution in [-0.4, -0.2) is 11.0 Å². The molecule has 0 fully saturated rings. The van der Waals surface area contributed by atoms with Crippen LogP contribution in [-0.2, 0) is 11.3 Å². The van der Waals surface area contributed by atoms with Crippen molar-refractivity contribution >= 4 is 27.6 Å². The predicted octanol–water partition coefficient (Wildman–Crippen LogP) is 3.09. The maximum atomic E-state index is 11.9. The summed E-state index contributed by atoms with van der Waals surface area (Å²) in [6.07, 6.45) is 3.43. The minimum Gasteiger partial charge on any atom is -0.457 e. The topological polar surface area (TPSA) is 65.2 Å². The lowest BCUT2D eigenvalue weighted by molar-refractivity contribution is 0.0472. The van der Waals surface area contributed by atoms with Gasteiger partial charge < -0.3 is 10.5 Å². The van der Waals surface area contributed by atoms with Crippen LogP contribution in [0.5, 0.6) is 0 Å². The number of ether oxygens (including phenoxy) is 1. The number of rotatable bonds is 3. The molecular formula is C14H13BrN2O2. The smallest absolute Gasteiger partial charge is 0.338 e. The Bertz CT molecular complexity index is 594. The van der Waals surface area contributed by atoms with Gasteiger partial charge in [0.1, 0.15) is 6.61 Å². The molecule has 0 spiro atoms. The molecule has 4 nitrogen and oxygen atoms in total. The van der Waals surface area contributed by atoms with Crippen molar-refractivity contribution in [1.29, 1.82) is 0 Å². The second-order valence-corrected chi connectivity index (χ2v) is 5.14. The summed E-state index contributed by atoms with van der Waals surface area (Å²) in [5.74, 6) is -0.408. The van der Waals surface area contributed by atoms with Crippen LogP contribution >= 0.6 is 15.9 Å². The van der Waals surface area contributed by atoms with Gasteiger partial charge in [-0.3, -0.25) is 4.98 Å². The Kier molecular flexibility index (Phi) is 4.16. The van der Waals surface area contributed by atoms with Crippen LogP contribution in [0.4, 0.5) is 5.69 Å². The van der Waals surface area contributed by atoms with E-state index >= 15 is 0 Å². The average Bonchev–Trinajstić information content (AvgIpc) is 2.35. The average molecular weight is 321 g/mol. The zero-order valence-corrected chi connectivity index (χ0v) is 12.0. The molecule has 0 radical (unpaired) electrons. The maximum absolute atomic E-state index is 11.9. The van der Waals surface area contributed by atoms with E-state index in [4.69, 9.17) is 10.5 Å². The van der Waals surface area contributed by atoms with E-state index in [-0.39, 0.29) is 6.61 Å². The van der Waals surface area contributed by atoms with Gasteiger partial charge in [0.05, 0.1) is 5.56 Å². The van der Waals surface area contributed by atoms with Crippen LogP contribution in [0.15, 0.2) is 41.1 Å². The number of carbonyl (C=O) groups is 1. The molecule has 0 unspecified atom stereocenters. The molecule has 2 aromatic rings. The van der Waals surface area contributed by atoms with Gasteiger partial charge in [-0.25, -0.2) is 4.79 Å². The number of halogens is 1. The van der Waals surface area contributed by atoms with Crippen molar-refractivity contribution in [2.45, 2.75) is 13.5 Å². The number of pyridine rings is 1. The van der Waals surface area contributed by atoms with Crippen molar-refractivity contribution in [3.63, 3.8) is 0 Å². The molecule has 0 aliphatic rings. The fourth-order valence-corrected chi connectivity index (χ4v) is 2.17. The number of esters is 1. The Morgan fingerprint density at radius 3 is 2.79 bits per heavy atom. The van der Waals surface area contributed by atoms with Gasteiger partial charge in [-0.15, -0.1) is 0 Å². The van der Waals surface area contributed by atoms with Gasteiger partial charge in [0, 0.05) is 28.1 Å². The van der Waals surface area contributed by atoms with Crippen LogP contribution in [0.3, 0.4) is 0 Å². The molecule has 0 saturated heterocycles. The highest BCUT2D eigenvalue weighted by molar-refractivity contribution is 9.10. The minimum absolute atomic E-state index is 0.194. The molecule has 98 valence electrons. The van der Waals surface area contributed by atoms with E-state index in [1.807, 2.05) is 13.0 Å². The zero-order chi connectivity index (χ0) is 13.8. The van der Waals surface area contributed by atoms with Gasteiger partial charge in [-0.1, -0.05) is 15.9 Å². The summed E-state index contributed by atoms with van der Waals surface area (Å²) in [4.78, 5) is 15.9. The molecule has 1 heterocycles. The molecule has 19 heavy (non-hydrogen) atoms. The highest BCUT2D eigenvalue weighted by Gasteiger charge is 2.09. The zero-order valence-electron chi connectivity index (χ0n) is 10.4. The van der Waals surface area contributed by atoms with Crippen molar-refractivity contribution in [2.24, 2.45) is 0 Å². The number of aryl methyl sites for hydroxylation is 1. The van der Waals surface area contributed by atoms with Crippen molar-refractivity contribution in [3.8, 4) is 0 Å². The first-order chi connectivity index (χ1) is 9.04. The van der Waals surface area contributed by atoms with Gasteiger partial charge in [0.2, 0.25) is 0 Å². The molecule has 1 aromatic carbocycles. The standard InChI is InChI=1S/C14H13BrN2O2/c1-9-2-10(7-17-6-9)8-19-14(18)11-3-12(15)5-13(16)4-11/h2-7H,8,16H2,1H3. The predicted molar refractivity (Wildman–Crippen MR) is 76.6 cm³/mol. The lowest BCUT2D eigenvalue weighted by atomic mass is 10.2. The largest absolute Gasteiger partial charge is 0.457 e. The Hall–Kier alpha value is -1.88. The summed E-state index contributed by atoms with van der Waals surface area (Å²) < 4.78 is 5.97. The first-order valence-electron chi connectivity index (χ1n) is 5.68. The van der Waals surface area contributed by atoms with E-state index in [2.05, 4.69) is 20.9 Å². The lowest BCUT2D eigenvalue weighted by Gasteiger charge is -2.06. The Morgan fingerprint density at radius 2 is 2.11 bits per heavy atom. The number of carbonyl (C=O) groups excluding carboxylic acids is 1. The number of nitrogen functional groups attached to an aromatic ring is 1. The summed E-state index contributed by atoms with van der Waals surface area (Å²) in [6, 6.07) is 6.91. The van der Waals surface area contributed by atoms with E-state index in [9.17, 15) is 4.79 Å². The second kappa shape index (κ2) is 5.84. The number of nitrogens with zero attached hydrogens (tertiary/aromatic N) is 1. The van der Waals surface area contributed by atoms with Crippen molar-refractivity contribution in [1.82, 2.24) is 4.98 Å². The van der Waals surface area contributed by atoms with Crippen LogP contribution in [0.25, 0.3) is 0 Å². The highest BCUT2D eigenvalue weighted by Crippen LogP contribution is 2.18. The van der Waals surface area contributed by atoms with Gasteiger partial charge in [-0.05, 0) is 36.8 Å². The second-order valence-electron chi connectivity index (χ2n) is 4.22. The normalized spacial score (nSPS) is 10.2. The van der Waals surface area contributed by atoms with Gasteiger partial charge in [0.15, 0.2) is 0 Å². The monoisotopic (exact) mass is 320 g/mol. The summed E-state index contributed by atoms with van der Waals surface area (Å²) in [6.45, 7) is 2.13. The quantitative estimate of drug-likeness (QED) is 0.697. The third-order valence-electron chi connectivity index (χ3n) is 2.46. The molecule has 0 aliphatic heterocycles. The first-order valence-corrected chi connectivity index (χ1v) is 6.47.